The molecular formula is C18H19N3O3S. The van der Waals surface area contributed by atoms with Gasteiger partial charge in [-0.3, -0.25) is 14.6 Å². The van der Waals surface area contributed by atoms with Crippen LogP contribution in [0.15, 0.2) is 48.8 Å². The van der Waals surface area contributed by atoms with Crippen molar-refractivity contribution in [1.82, 2.24) is 9.88 Å². The predicted molar refractivity (Wildman–Crippen MR) is 97.9 cm³/mol. The third kappa shape index (κ3) is 4.11. The smallest absolute Gasteiger partial charge is 0.322 e. The van der Waals surface area contributed by atoms with E-state index in [9.17, 15) is 9.59 Å². The number of nitrogens with zero attached hydrogens (tertiary/aromatic N) is 2. The lowest BCUT2D eigenvalue weighted by Gasteiger charge is -2.36. The molecule has 0 aliphatic carbocycles. The fourth-order valence-corrected chi connectivity index (χ4v) is 3.93. The van der Waals surface area contributed by atoms with Crippen LogP contribution < -0.4 is 5.32 Å². The molecule has 130 valence electrons. The molecule has 1 aliphatic heterocycles. The Hall–Kier alpha value is -2.54. The van der Waals surface area contributed by atoms with Crippen LogP contribution in [0, 0.1) is 0 Å². The van der Waals surface area contributed by atoms with Gasteiger partial charge in [-0.2, -0.15) is 11.8 Å². The molecule has 1 saturated heterocycles. The van der Waals surface area contributed by atoms with Crippen LogP contribution in [0.2, 0.25) is 0 Å². The van der Waals surface area contributed by atoms with E-state index in [-0.39, 0.29) is 18.5 Å². The number of benzene rings is 1. The van der Waals surface area contributed by atoms with E-state index in [2.05, 4.69) is 10.3 Å². The standard InChI is InChI=1S/C18H19N3O3S/c22-17(23)11-20-15-6-2-1-5-14(15)18(24)21-8-9-25-12-16(21)13-4-3-7-19-10-13/h1-7,10,16,20H,8-9,11-12H2,(H,22,23). The molecule has 1 aromatic carbocycles. The maximum absolute atomic E-state index is 13.2. The van der Waals surface area contributed by atoms with E-state index < -0.39 is 5.97 Å². The first kappa shape index (κ1) is 17.3. The molecule has 0 bridgehead atoms. The zero-order chi connectivity index (χ0) is 17.6. The number of para-hydroxylation sites is 1. The van der Waals surface area contributed by atoms with E-state index in [1.54, 1.807) is 36.7 Å². The number of carbonyl (C=O) groups is 2. The number of anilines is 1. The van der Waals surface area contributed by atoms with E-state index in [1.165, 1.54) is 0 Å². The summed E-state index contributed by atoms with van der Waals surface area (Å²) >= 11 is 1.82. The average molecular weight is 357 g/mol. The first-order valence-electron chi connectivity index (χ1n) is 8.00. The Morgan fingerprint density at radius 1 is 1.28 bits per heavy atom. The summed E-state index contributed by atoms with van der Waals surface area (Å²) in [6, 6.07) is 10.9. The molecule has 1 atom stereocenters. The summed E-state index contributed by atoms with van der Waals surface area (Å²) < 4.78 is 0. The van der Waals surface area contributed by atoms with Crippen LogP contribution in [0.25, 0.3) is 0 Å². The monoisotopic (exact) mass is 357 g/mol. The molecule has 0 saturated carbocycles. The minimum Gasteiger partial charge on any atom is -0.480 e. The molecule has 1 fully saturated rings. The lowest BCUT2D eigenvalue weighted by atomic mass is 10.1. The van der Waals surface area contributed by atoms with Crippen molar-refractivity contribution >= 4 is 29.3 Å². The quantitative estimate of drug-likeness (QED) is 0.856. The Kier molecular flexibility index (Phi) is 5.55. The number of aliphatic carboxylic acids is 1. The number of carboxylic acids is 1. The Labute approximate surface area is 150 Å². The highest BCUT2D eigenvalue weighted by Gasteiger charge is 2.30. The normalized spacial score (nSPS) is 17.1. The van der Waals surface area contributed by atoms with E-state index in [4.69, 9.17) is 5.11 Å². The highest BCUT2D eigenvalue weighted by atomic mass is 32.2. The van der Waals surface area contributed by atoms with Gasteiger partial charge in [-0.15, -0.1) is 0 Å². The van der Waals surface area contributed by atoms with Gasteiger partial charge in [-0.1, -0.05) is 18.2 Å². The summed E-state index contributed by atoms with van der Waals surface area (Å²) in [5, 5.41) is 11.7. The number of rotatable bonds is 5. The SMILES string of the molecule is O=C(O)CNc1ccccc1C(=O)N1CCSCC1c1cccnc1. The summed E-state index contributed by atoms with van der Waals surface area (Å²) in [6.07, 6.45) is 3.52. The zero-order valence-corrected chi connectivity index (χ0v) is 14.4. The minimum atomic E-state index is -0.968. The van der Waals surface area contributed by atoms with Crippen LogP contribution in [-0.4, -0.2) is 51.5 Å². The van der Waals surface area contributed by atoms with Crippen LogP contribution in [-0.2, 0) is 4.79 Å². The van der Waals surface area contributed by atoms with Crippen LogP contribution >= 0.6 is 11.8 Å². The maximum atomic E-state index is 13.2. The number of carboxylic acid groups (broad SMARTS) is 1. The molecule has 2 N–H and O–H groups in total. The number of nitrogens with one attached hydrogen (secondary N) is 1. The fourth-order valence-electron chi connectivity index (χ4n) is 2.85. The van der Waals surface area contributed by atoms with E-state index in [1.807, 2.05) is 28.8 Å². The summed E-state index contributed by atoms with van der Waals surface area (Å²) in [6.45, 7) is 0.419. The lowest BCUT2D eigenvalue weighted by molar-refractivity contribution is -0.134. The molecule has 25 heavy (non-hydrogen) atoms. The molecule has 1 aromatic heterocycles. The van der Waals surface area contributed by atoms with Gasteiger partial charge < -0.3 is 15.3 Å². The second-order valence-corrected chi connectivity index (χ2v) is 6.82. The van der Waals surface area contributed by atoms with Crippen molar-refractivity contribution in [2.45, 2.75) is 6.04 Å². The molecule has 0 spiro atoms. The first-order chi connectivity index (χ1) is 12.2. The number of thioether (sulfide) groups is 1. The van der Waals surface area contributed by atoms with Crippen molar-refractivity contribution in [1.29, 1.82) is 0 Å². The highest BCUT2D eigenvalue weighted by Crippen LogP contribution is 2.31. The number of amides is 1. The number of carbonyl (C=O) groups excluding carboxylic acids is 1. The van der Waals surface area contributed by atoms with Crippen molar-refractivity contribution in [2.24, 2.45) is 0 Å². The van der Waals surface area contributed by atoms with Gasteiger partial charge in [0.15, 0.2) is 0 Å². The first-order valence-corrected chi connectivity index (χ1v) is 9.15. The van der Waals surface area contributed by atoms with E-state index in [0.717, 1.165) is 17.1 Å². The second-order valence-electron chi connectivity index (χ2n) is 5.67. The lowest BCUT2D eigenvalue weighted by Crippen LogP contribution is -2.41. The summed E-state index contributed by atoms with van der Waals surface area (Å²) in [5.41, 5.74) is 2.04. The maximum Gasteiger partial charge on any atom is 0.322 e. The van der Waals surface area contributed by atoms with Gasteiger partial charge in [0.25, 0.3) is 5.91 Å². The summed E-state index contributed by atoms with van der Waals surface area (Å²) in [4.78, 5) is 30.0. The fraction of sp³-hybridized carbons (Fsp3) is 0.278. The molecular weight excluding hydrogens is 338 g/mol. The molecule has 6 nitrogen and oxygen atoms in total. The summed E-state index contributed by atoms with van der Waals surface area (Å²) in [5.74, 6) is 0.641. The van der Waals surface area contributed by atoms with Crippen molar-refractivity contribution in [3.8, 4) is 0 Å². The van der Waals surface area contributed by atoms with Gasteiger partial charge in [0.1, 0.15) is 6.54 Å². The molecule has 2 aromatic rings. The Morgan fingerprint density at radius 2 is 2.12 bits per heavy atom. The second kappa shape index (κ2) is 8.02. The van der Waals surface area contributed by atoms with Gasteiger partial charge in [-0.05, 0) is 23.8 Å². The average Bonchev–Trinajstić information content (AvgIpc) is 2.67. The van der Waals surface area contributed by atoms with Crippen molar-refractivity contribution in [3.63, 3.8) is 0 Å². The molecule has 1 aliphatic rings. The minimum absolute atomic E-state index is 0.0347. The van der Waals surface area contributed by atoms with Crippen molar-refractivity contribution in [3.05, 3.63) is 59.9 Å². The van der Waals surface area contributed by atoms with Gasteiger partial charge >= 0.3 is 5.97 Å². The predicted octanol–water partition coefficient (Wildman–Crippen LogP) is 2.51. The van der Waals surface area contributed by atoms with Gasteiger partial charge in [0.05, 0.1) is 11.6 Å². The van der Waals surface area contributed by atoms with Crippen molar-refractivity contribution in [2.75, 3.05) is 29.9 Å². The third-order valence-electron chi connectivity index (χ3n) is 4.05. The number of pyridine rings is 1. The highest BCUT2D eigenvalue weighted by molar-refractivity contribution is 7.99. The molecule has 3 rings (SSSR count). The Morgan fingerprint density at radius 3 is 2.88 bits per heavy atom. The van der Waals surface area contributed by atoms with E-state index in [0.29, 0.717) is 17.8 Å². The van der Waals surface area contributed by atoms with Crippen LogP contribution in [0.5, 0.6) is 0 Å². The Balaban J connectivity index is 1.87. The van der Waals surface area contributed by atoms with Crippen LogP contribution in [0.4, 0.5) is 5.69 Å². The number of aromatic nitrogens is 1. The van der Waals surface area contributed by atoms with Crippen molar-refractivity contribution < 1.29 is 14.7 Å². The molecule has 2 heterocycles. The molecule has 0 radical (unpaired) electrons. The Bertz CT molecular complexity index is 754. The van der Waals surface area contributed by atoms with Crippen LogP contribution in [0.1, 0.15) is 22.0 Å². The van der Waals surface area contributed by atoms with Gasteiger partial charge in [0, 0.05) is 36.1 Å². The van der Waals surface area contributed by atoms with Crippen LogP contribution in [0.3, 0.4) is 0 Å². The molecule has 1 unspecified atom stereocenters. The topological polar surface area (TPSA) is 82.5 Å². The zero-order valence-electron chi connectivity index (χ0n) is 13.6. The summed E-state index contributed by atoms with van der Waals surface area (Å²) in [7, 11) is 0. The number of hydrogen-bond acceptors (Lipinski definition) is 5. The molecule has 1 amide bonds. The third-order valence-corrected chi connectivity index (χ3v) is 5.07. The number of hydrogen-bond donors (Lipinski definition) is 2. The van der Waals surface area contributed by atoms with E-state index >= 15 is 0 Å². The van der Waals surface area contributed by atoms with Gasteiger partial charge in [0.2, 0.25) is 0 Å². The molecule has 7 heteroatoms. The largest absolute Gasteiger partial charge is 0.480 e. The van der Waals surface area contributed by atoms with Gasteiger partial charge in [-0.25, -0.2) is 0 Å².